The van der Waals surface area contributed by atoms with Crippen molar-refractivity contribution >= 4 is 11.6 Å². The average Bonchev–Trinajstić information content (AvgIpc) is 2.63. The number of unbranched alkanes of at least 4 members (excludes halogenated alkanes) is 2. The summed E-state index contributed by atoms with van der Waals surface area (Å²) in [4.78, 5) is 14.8. The second-order valence-corrected chi connectivity index (χ2v) is 6.32. The van der Waals surface area contributed by atoms with Crippen LogP contribution in [0.2, 0.25) is 0 Å². The molecule has 0 fully saturated rings. The first-order chi connectivity index (χ1) is 12.3. The topological polar surface area (TPSA) is 32.3 Å². The monoisotopic (exact) mass is 332 g/mol. The summed E-state index contributed by atoms with van der Waals surface area (Å²) >= 11 is 0. The number of para-hydroxylation sites is 1. The van der Waals surface area contributed by atoms with Crippen LogP contribution in [-0.4, -0.2) is 19.5 Å². The number of amides is 1. The van der Waals surface area contributed by atoms with Gasteiger partial charge in [-0.3, -0.25) is 4.79 Å². The Hall–Kier alpha value is -2.57. The molecule has 0 atom stereocenters. The van der Waals surface area contributed by atoms with Crippen LogP contribution in [0.25, 0.3) is 0 Å². The minimum absolute atomic E-state index is 0.176. The summed E-state index contributed by atoms with van der Waals surface area (Å²) in [6.45, 7) is 1.58. The van der Waals surface area contributed by atoms with Gasteiger partial charge < -0.3 is 10.2 Å². The van der Waals surface area contributed by atoms with Crippen LogP contribution >= 0.6 is 0 Å². The van der Waals surface area contributed by atoms with Crippen molar-refractivity contribution in [2.75, 3.05) is 18.5 Å². The van der Waals surface area contributed by atoms with Crippen LogP contribution in [0.5, 0.6) is 0 Å². The molecule has 1 N–H and O–H groups in total. The number of carbonyl (C=O) groups excluding carboxylic acids is 1. The highest BCUT2D eigenvalue weighted by atomic mass is 16.2. The van der Waals surface area contributed by atoms with E-state index in [1.54, 1.807) is 0 Å². The SMILES string of the molecule is CNCCCCCC(=O)N1Cc2ccccc2C#Cc2ccccc21. The molecule has 0 saturated carbocycles. The molecule has 3 heteroatoms. The Bertz CT molecular complexity index is 801. The van der Waals surface area contributed by atoms with Gasteiger partial charge in [-0.05, 0) is 50.2 Å². The number of nitrogens with one attached hydrogen (secondary N) is 1. The predicted molar refractivity (Wildman–Crippen MR) is 102 cm³/mol. The summed E-state index contributed by atoms with van der Waals surface area (Å²) in [6.07, 6.45) is 3.67. The molecule has 0 aromatic heterocycles. The molecule has 128 valence electrons. The van der Waals surface area contributed by atoms with Crippen LogP contribution in [0, 0.1) is 11.8 Å². The zero-order chi connectivity index (χ0) is 17.5. The Labute approximate surface area is 150 Å². The maximum atomic E-state index is 12.9. The lowest BCUT2D eigenvalue weighted by atomic mass is 10.0. The predicted octanol–water partition coefficient (Wildman–Crippen LogP) is 3.71. The van der Waals surface area contributed by atoms with Crippen molar-refractivity contribution in [3.8, 4) is 11.8 Å². The average molecular weight is 332 g/mol. The van der Waals surface area contributed by atoms with Crippen molar-refractivity contribution in [1.82, 2.24) is 5.32 Å². The largest absolute Gasteiger partial charge is 0.320 e. The van der Waals surface area contributed by atoms with Crippen LogP contribution in [0.4, 0.5) is 5.69 Å². The Morgan fingerprint density at radius 1 is 1.00 bits per heavy atom. The fourth-order valence-electron chi connectivity index (χ4n) is 3.10. The molecule has 3 nitrogen and oxygen atoms in total. The molecule has 1 aliphatic rings. The molecule has 2 aromatic rings. The summed E-state index contributed by atoms with van der Waals surface area (Å²) in [6, 6.07) is 16.0. The maximum Gasteiger partial charge on any atom is 0.227 e. The lowest BCUT2D eigenvalue weighted by Crippen LogP contribution is -2.31. The van der Waals surface area contributed by atoms with Gasteiger partial charge in [0, 0.05) is 17.5 Å². The number of benzene rings is 2. The Morgan fingerprint density at radius 3 is 2.56 bits per heavy atom. The van der Waals surface area contributed by atoms with Gasteiger partial charge in [-0.15, -0.1) is 0 Å². The van der Waals surface area contributed by atoms with Gasteiger partial charge in [-0.1, -0.05) is 48.6 Å². The molecule has 25 heavy (non-hydrogen) atoms. The number of nitrogens with zero attached hydrogens (tertiary/aromatic N) is 1. The number of hydrogen-bond acceptors (Lipinski definition) is 2. The van der Waals surface area contributed by atoms with Gasteiger partial charge in [0.15, 0.2) is 0 Å². The first-order valence-corrected chi connectivity index (χ1v) is 8.93. The van der Waals surface area contributed by atoms with E-state index in [4.69, 9.17) is 0 Å². The van der Waals surface area contributed by atoms with Crippen molar-refractivity contribution in [3.05, 3.63) is 65.2 Å². The minimum atomic E-state index is 0.176. The highest BCUT2D eigenvalue weighted by Crippen LogP contribution is 2.26. The fourth-order valence-corrected chi connectivity index (χ4v) is 3.10. The number of carbonyl (C=O) groups is 1. The van der Waals surface area contributed by atoms with Gasteiger partial charge in [-0.2, -0.15) is 0 Å². The van der Waals surface area contributed by atoms with Gasteiger partial charge in [0.25, 0.3) is 0 Å². The number of anilines is 1. The van der Waals surface area contributed by atoms with Crippen LogP contribution in [0.3, 0.4) is 0 Å². The van der Waals surface area contributed by atoms with Crippen LogP contribution in [0.1, 0.15) is 42.4 Å². The molecule has 1 aliphatic heterocycles. The van der Waals surface area contributed by atoms with Crippen molar-refractivity contribution in [3.63, 3.8) is 0 Å². The molecule has 0 saturated heterocycles. The van der Waals surface area contributed by atoms with Gasteiger partial charge in [0.05, 0.1) is 12.2 Å². The summed E-state index contributed by atoms with van der Waals surface area (Å²) in [5, 5.41) is 3.15. The van der Waals surface area contributed by atoms with Crippen molar-refractivity contribution in [1.29, 1.82) is 0 Å². The zero-order valence-electron chi connectivity index (χ0n) is 14.7. The van der Waals surface area contributed by atoms with Crippen LogP contribution < -0.4 is 10.2 Å². The first-order valence-electron chi connectivity index (χ1n) is 8.93. The molecule has 0 aliphatic carbocycles. The Morgan fingerprint density at radius 2 is 1.72 bits per heavy atom. The second kappa shape index (κ2) is 8.50. The summed E-state index contributed by atoms with van der Waals surface area (Å²) < 4.78 is 0. The van der Waals surface area contributed by atoms with E-state index in [-0.39, 0.29) is 5.91 Å². The summed E-state index contributed by atoms with van der Waals surface area (Å²) in [5.41, 5.74) is 3.95. The number of rotatable bonds is 6. The van der Waals surface area contributed by atoms with Gasteiger partial charge >= 0.3 is 0 Å². The highest BCUT2D eigenvalue weighted by molar-refractivity contribution is 5.95. The van der Waals surface area contributed by atoms with E-state index in [2.05, 4.69) is 23.2 Å². The quantitative estimate of drug-likeness (QED) is 0.646. The summed E-state index contributed by atoms with van der Waals surface area (Å²) in [5.74, 6) is 6.67. The normalized spacial score (nSPS) is 12.3. The number of fused-ring (bicyclic) bond motifs is 2. The molecule has 0 spiro atoms. The van der Waals surface area contributed by atoms with Gasteiger partial charge in [0.1, 0.15) is 0 Å². The summed E-state index contributed by atoms with van der Waals surface area (Å²) in [7, 11) is 1.96. The molecule has 0 unspecified atom stereocenters. The van der Waals surface area contributed by atoms with E-state index in [9.17, 15) is 4.79 Å². The van der Waals surface area contributed by atoms with E-state index in [1.165, 1.54) is 0 Å². The van der Waals surface area contributed by atoms with E-state index < -0.39 is 0 Å². The number of hydrogen-bond donors (Lipinski definition) is 1. The van der Waals surface area contributed by atoms with Gasteiger partial charge in [0.2, 0.25) is 5.91 Å². The van der Waals surface area contributed by atoms with E-state index in [1.807, 2.05) is 54.4 Å². The van der Waals surface area contributed by atoms with E-state index in [0.29, 0.717) is 13.0 Å². The molecular formula is C22H24N2O. The lowest BCUT2D eigenvalue weighted by Gasteiger charge is -2.26. The third-order valence-corrected chi connectivity index (χ3v) is 4.49. The zero-order valence-corrected chi connectivity index (χ0v) is 14.7. The van der Waals surface area contributed by atoms with Crippen molar-refractivity contribution < 1.29 is 4.79 Å². The molecular weight excluding hydrogens is 308 g/mol. The maximum absolute atomic E-state index is 12.9. The van der Waals surface area contributed by atoms with Crippen molar-refractivity contribution in [2.45, 2.75) is 32.2 Å². The molecule has 1 amide bonds. The third-order valence-electron chi connectivity index (χ3n) is 4.49. The van der Waals surface area contributed by atoms with Crippen molar-refractivity contribution in [2.24, 2.45) is 0 Å². The Balaban J connectivity index is 1.83. The van der Waals surface area contributed by atoms with Crippen LogP contribution in [0.15, 0.2) is 48.5 Å². The fraction of sp³-hybridized carbons (Fsp3) is 0.318. The molecule has 3 rings (SSSR count). The lowest BCUT2D eigenvalue weighted by molar-refractivity contribution is -0.118. The highest BCUT2D eigenvalue weighted by Gasteiger charge is 2.20. The molecule has 1 heterocycles. The molecule has 2 aromatic carbocycles. The Kier molecular flexibility index (Phi) is 5.87. The van der Waals surface area contributed by atoms with E-state index >= 15 is 0 Å². The molecule has 0 radical (unpaired) electrons. The third kappa shape index (κ3) is 4.29. The smallest absolute Gasteiger partial charge is 0.227 e. The molecule has 0 bridgehead atoms. The minimum Gasteiger partial charge on any atom is -0.320 e. The van der Waals surface area contributed by atoms with Gasteiger partial charge in [-0.25, -0.2) is 0 Å². The standard InChI is InChI=1S/C22H24N2O/c1-23-16-8-2-3-13-22(25)24-17-20-11-5-4-9-18(20)14-15-19-10-6-7-12-21(19)24/h4-7,9-12,23H,2-3,8,13,16-17H2,1H3. The second-order valence-electron chi connectivity index (χ2n) is 6.32. The first kappa shape index (κ1) is 17.3. The van der Waals surface area contributed by atoms with Crippen LogP contribution in [-0.2, 0) is 11.3 Å². The van der Waals surface area contributed by atoms with E-state index in [0.717, 1.165) is 48.2 Å².